The number of anilines is 1. The summed E-state index contributed by atoms with van der Waals surface area (Å²) < 4.78 is 28.4. The number of amides is 2. The summed E-state index contributed by atoms with van der Waals surface area (Å²) in [5.41, 5.74) is 1.39. The van der Waals surface area contributed by atoms with Gasteiger partial charge >= 0.3 is 0 Å². The van der Waals surface area contributed by atoms with Gasteiger partial charge in [-0.2, -0.15) is 0 Å². The van der Waals surface area contributed by atoms with Crippen molar-refractivity contribution in [3.63, 3.8) is 0 Å². The molecule has 0 saturated heterocycles. The molecule has 0 radical (unpaired) electrons. The number of rotatable bonds is 12. The lowest BCUT2D eigenvalue weighted by Gasteiger charge is -2.32. The molecule has 3 rings (SSSR count). The highest BCUT2D eigenvalue weighted by Gasteiger charge is 2.32. The van der Waals surface area contributed by atoms with Crippen molar-refractivity contribution in [3.8, 4) is 0 Å². The van der Waals surface area contributed by atoms with Gasteiger partial charge in [-0.15, -0.1) is 0 Å². The van der Waals surface area contributed by atoms with E-state index in [4.69, 9.17) is 0 Å². The minimum Gasteiger partial charge on any atom is -0.352 e. The van der Waals surface area contributed by atoms with Crippen molar-refractivity contribution in [2.75, 3.05) is 17.4 Å². The molecule has 0 saturated carbocycles. The van der Waals surface area contributed by atoms with Gasteiger partial charge in [-0.3, -0.25) is 13.9 Å². The number of nitrogens with zero attached hydrogens (tertiary/aromatic N) is 2. The molecule has 0 heterocycles. The average Bonchev–Trinajstić information content (AvgIpc) is 2.93. The fourth-order valence-corrected chi connectivity index (χ4v) is 5.31. The van der Waals surface area contributed by atoms with Crippen LogP contribution in [-0.4, -0.2) is 50.3 Å². The first-order valence-corrected chi connectivity index (χ1v) is 13.9. The van der Waals surface area contributed by atoms with Crippen molar-refractivity contribution >= 4 is 27.5 Å². The second-order valence-electron chi connectivity index (χ2n) is 8.98. The zero-order valence-corrected chi connectivity index (χ0v) is 22.4. The standard InChI is InChI=1S/C29H35N3O4S/c1-4-23(2)30-29(34)24(3)31(21-20-25-14-8-5-9-15-25)28(33)22-32(26-16-10-6-11-17-26)37(35,36)27-18-12-7-13-19-27/h5-19,23-24H,4,20-22H2,1-3H3,(H,30,34)/t23-,24-/m1/s1. The van der Waals surface area contributed by atoms with Gasteiger partial charge in [-0.05, 0) is 56.5 Å². The summed E-state index contributed by atoms with van der Waals surface area (Å²) in [7, 11) is -4.03. The Hall–Kier alpha value is -3.65. The predicted octanol–water partition coefficient (Wildman–Crippen LogP) is 4.26. The highest BCUT2D eigenvalue weighted by molar-refractivity contribution is 7.92. The number of carbonyl (C=O) groups excluding carboxylic acids is 2. The topological polar surface area (TPSA) is 86.8 Å². The Bertz CT molecular complexity index is 1250. The maximum Gasteiger partial charge on any atom is 0.264 e. The first-order valence-electron chi connectivity index (χ1n) is 12.5. The third-order valence-corrected chi connectivity index (χ3v) is 8.09. The number of sulfonamides is 1. The number of benzene rings is 3. The summed E-state index contributed by atoms with van der Waals surface area (Å²) in [5.74, 6) is -0.723. The SMILES string of the molecule is CC[C@@H](C)NC(=O)[C@@H](C)N(CCc1ccccc1)C(=O)CN(c1ccccc1)S(=O)(=O)c1ccccc1. The molecule has 0 aliphatic carbocycles. The fraction of sp³-hybridized carbons (Fsp3) is 0.310. The molecule has 0 aliphatic heterocycles. The molecule has 0 bridgehead atoms. The van der Waals surface area contributed by atoms with Crippen molar-refractivity contribution in [3.05, 3.63) is 96.6 Å². The summed E-state index contributed by atoms with van der Waals surface area (Å²) >= 11 is 0. The second-order valence-corrected chi connectivity index (χ2v) is 10.8. The molecule has 1 N–H and O–H groups in total. The molecule has 0 aliphatic rings. The van der Waals surface area contributed by atoms with Crippen LogP contribution < -0.4 is 9.62 Å². The van der Waals surface area contributed by atoms with Gasteiger partial charge in [-0.1, -0.05) is 73.7 Å². The van der Waals surface area contributed by atoms with Gasteiger partial charge in [0.25, 0.3) is 10.0 Å². The lowest BCUT2D eigenvalue weighted by atomic mass is 10.1. The molecule has 2 atom stereocenters. The maximum atomic E-state index is 13.8. The first-order chi connectivity index (χ1) is 17.7. The van der Waals surface area contributed by atoms with E-state index in [-0.39, 0.29) is 23.4 Å². The monoisotopic (exact) mass is 521 g/mol. The summed E-state index contributed by atoms with van der Waals surface area (Å²) in [6.07, 6.45) is 1.29. The number of carbonyl (C=O) groups is 2. The van der Waals surface area contributed by atoms with Crippen molar-refractivity contribution in [2.45, 2.75) is 50.6 Å². The zero-order valence-electron chi connectivity index (χ0n) is 21.6. The van der Waals surface area contributed by atoms with Crippen LogP contribution in [0.15, 0.2) is 95.9 Å². The predicted molar refractivity (Wildman–Crippen MR) is 147 cm³/mol. The Morgan fingerprint density at radius 3 is 1.95 bits per heavy atom. The minimum atomic E-state index is -4.03. The van der Waals surface area contributed by atoms with Crippen LogP contribution in [-0.2, 0) is 26.0 Å². The van der Waals surface area contributed by atoms with Gasteiger partial charge < -0.3 is 10.2 Å². The molecule has 0 spiro atoms. The third-order valence-electron chi connectivity index (χ3n) is 6.31. The van der Waals surface area contributed by atoms with E-state index in [2.05, 4.69) is 5.32 Å². The molecule has 3 aromatic rings. The van der Waals surface area contributed by atoms with Crippen molar-refractivity contribution in [1.29, 1.82) is 0 Å². The largest absolute Gasteiger partial charge is 0.352 e. The van der Waals surface area contributed by atoms with Gasteiger partial charge in [0.15, 0.2) is 0 Å². The van der Waals surface area contributed by atoms with E-state index in [1.165, 1.54) is 17.0 Å². The van der Waals surface area contributed by atoms with Gasteiger partial charge in [0, 0.05) is 12.6 Å². The summed E-state index contributed by atoms with van der Waals surface area (Å²) in [6.45, 7) is 5.40. The molecule has 37 heavy (non-hydrogen) atoms. The quantitative estimate of drug-likeness (QED) is 0.386. The highest BCUT2D eigenvalue weighted by Crippen LogP contribution is 2.24. The maximum absolute atomic E-state index is 13.8. The molecule has 7 nitrogen and oxygen atoms in total. The number of hydrogen-bond donors (Lipinski definition) is 1. The molecule has 3 aromatic carbocycles. The molecule has 8 heteroatoms. The smallest absolute Gasteiger partial charge is 0.264 e. The summed E-state index contributed by atoms with van der Waals surface area (Å²) in [4.78, 5) is 28.3. The molecule has 196 valence electrons. The first kappa shape index (κ1) is 27.9. The number of hydrogen-bond acceptors (Lipinski definition) is 4. The normalized spacial score (nSPS) is 12.8. The lowest BCUT2D eigenvalue weighted by molar-refractivity contribution is -0.139. The molecule has 2 amide bonds. The Morgan fingerprint density at radius 2 is 1.38 bits per heavy atom. The van der Waals surface area contributed by atoms with Crippen LogP contribution in [0.5, 0.6) is 0 Å². The molecule has 0 fully saturated rings. The van der Waals surface area contributed by atoms with Crippen LogP contribution >= 0.6 is 0 Å². The van der Waals surface area contributed by atoms with E-state index < -0.39 is 28.5 Å². The van der Waals surface area contributed by atoms with Gasteiger partial charge in [0.05, 0.1) is 10.6 Å². The molecular formula is C29H35N3O4S. The van der Waals surface area contributed by atoms with Crippen LogP contribution in [0.3, 0.4) is 0 Å². The lowest BCUT2D eigenvalue weighted by Crippen LogP contribution is -2.53. The summed E-state index contributed by atoms with van der Waals surface area (Å²) in [5, 5.41) is 2.94. The molecular weight excluding hydrogens is 486 g/mol. The van der Waals surface area contributed by atoms with Crippen LogP contribution in [0.2, 0.25) is 0 Å². The second kappa shape index (κ2) is 13.1. The van der Waals surface area contributed by atoms with E-state index in [0.717, 1.165) is 16.3 Å². The number of para-hydroxylation sites is 1. The Kier molecular flexibility index (Phi) is 9.85. The van der Waals surface area contributed by atoms with Crippen molar-refractivity contribution in [1.82, 2.24) is 10.2 Å². The van der Waals surface area contributed by atoms with E-state index in [9.17, 15) is 18.0 Å². The Morgan fingerprint density at radius 1 is 0.838 bits per heavy atom. The molecule has 0 aromatic heterocycles. The highest BCUT2D eigenvalue weighted by atomic mass is 32.2. The third kappa shape index (κ3) is 7.43. The summed E-state index contributed by atoms with van der Waals surface area (Å²) in [6, 6.07) is 25.4. The number of nitrogens with one attached hydrogen (secondary N) is 1. The van der Waals surface area contributed by atoms with Crippen molar-refractivity contribution in [2.24, 2.45) is 0 Å². The average molecular weight is 522 g/mol. The fourth-order valence-electron chi connectivity index (χ4n) is 3.88. The van der Waals surface area contributed by atoms with Crippen LogP contribution in [0.25, 0.3) is 0 Å². The zero-order chi connectivity index (χ0) is 26.8. The van der Waals surface area contributed by atoms with Gasteiger partial charge in [0.1, 0.15) is 12.6 Å². The Labute approximate surface area is 220 Å². The molecule has 0 unspecified atom stereocenters. The Balaban J connectivity index is 1.93. The van der Waals surface area contributed by atoms with E-state index in [1.54, 1.807) is 55.5 Å². The van der Waals surface area contributed by atoms with Crippen LogP contribution in [0, 0.1) is 0 Å². The van der Waals surface area contributed by atoms with E-state index in [1.807, 2.05) is 44.2 Å². The minimum absolute atomic E-state index is 0.0414. The van der Waals surface area contributed by atoms with E-state index in [0.29, 0.717) is 12.1 Å². The van der Waals surface area contributed by atoms with Crippen LogP contribution in [0.4, 0.5) is 5.69 Å². The van der Waals surface area contributed by atoms with E-state index >= 15 is 0 Å². The van der Waals surface area contributed by atoms with Gasteiger partial charge in [0.2, 0.25) is 11.8 Å². The van der Waals surface area contributed by atoms with Crippen LogP contribution in [0.1, 0.15) is 32.8 Å². The van der Waals surface area contributed by atoms with Gasteiger partial charge in [-0.25, -0.2) is 8.42 Å². The van der Waals surface area contributed by atoms with Crippen molar-refractivity contribution < 1.29 is 18.0 Å².